The van der Waals surface area contributed by atoms with E-state index in [4.69, 9.17) is 0 Å². The molecule has 1 aromatic carbocycles. The summed E-state index contributed by atoms with van der Waals surface area (Å²) in [6.07, 6.45) is -4.80. The van der Waals surface area contributed by atoms with E-state index in [-0.39, 0.29) is 9.90 Å². The van der Waals surface area contributed by atoms with Gasteiger partial charge in [0.05, 0.1) is 17.8 Å². The number of nitrogens with zero attached hydrogens (tertiary/aromatic N) is 1. The van der Waals surface area contributed by atoms with Crippen LogP contribution in [0.4, 0.5) is 24.5 Å². The summed E-state index contributed by atoms with van der Waals surface area (Å²) in [4.78, 5) is 23.2. The molecule has 0 saturated heterocycles. The highest BCUT2D eigenvalue weighted by atomic mass is 32.2. The Morgan fingerprint density at radius 2 is 1.86 bits per heavy atom. The molecular weight excluding hydrogens is 419 g/mol. The predicted molar refractivity (Wildman–Crippen MR) is 98.5 cm³/mol. The van der Waals surface area contributed by atoms with Crippen LogP contribution in [0.2, 0.25) is 0 Å². The molecule has 2 N–H and O–H groups in total. The van der Waals surface area contributed by atoms with Gasteiger partial charge in [-0.25, -0.2) is 8.42 Å². The van der Waals surface area contributed by atoms with E-state index < -0.39 is 45.8 Å². The summed E-state index contributed by atoms with van der Waals surface area (Å²) >= 11 is 0.957. The third-order valence-electron chi connectivity index (χ3n) is 3.45. The van der Waals surface area contributed by atoms with Gasteiger partial charge in [0.15, 0.2) is 0 Å². The number of thiophene rings is 1. The summed E-state index contributed by atoms with van der Waals surface area (Å²) < 4.78 is 65.2. The lowest BCUT2D eigenvalue weighted by molar-refractivity contribution is -0.137. The molecule has 2 rings (SSSR count). The van der Waals surface area contributed by atoms with Crippen molar-refractivity contribution >= 4 is 44.5 Å². The van der Waals surface area contributed by atoms with Gasteiger partial charge in [-0.05, 0) is 29.6 Å². The van der Waals surface area contributed by atoms with Gasteiger partial charge in [-0.2, -0.15) is 17.5 Å². The van der Waals surface area contributed by atoms with Crippen LogP contribution in [-0.4, -0.2) is 38.1 Å². The Kier molecular flexibility index (Phi) is 6.47. The summed E-state index contributed by atoms with van der Waals surface area (Å²) in [6.45, 7) is 0.470. The molecule has 0 saturated carbocycles. The van der Waals surface area contributed by atoms with E-state index in [0.717, 1.165) is 35.7 Å². The van der Waals surface area contributed by atoms with Gasteiger partial charge in [-0.1, -0.05) is 6.07 Å². The molecule has 152 valence electrons. The molecule has 0 spiro atoms. The van der Waals surface area contributed by atoms with Gasteiger partial charge in [0, 0.05) is 19.7 Å². The fourth-order valence-electron chi connectivity index (χ4n) is 2.21. The van der Waals surface area contributed by atoms with E-state index >= 15 is 0 Å². The van der Waals surface area contributed by atoms with Crippen LogP contribution in [0.15, 0.2) is 39.9 Å². The standard InChI is InChI=1S/C16H16F3N3O4S2/c1-10(23)20-11-5-6-13(12(8-11)16(17,18)19)21-14(24)9-22(2)28(25,26)15-4-3-7-27-15/h3-8H,9H2,1-2H3,(H,20,23)(H,21,24). The summed E-state index contributed by atoms with van der Waals surface area (Å²) in [5.41, 5.74) is -1.81. The second-order valence-electron chi connectivity index (χ2n) is 5.68. The molecule has 2 amide bonds. The first kappa shape index (κ1) is 21.9. The van der Waals surface area contributed by atoms with E-state index in [0.29, 0.717) is 6.07 Å². The lowest BCUT2D eigenvalue weighted by atomic mass is 10.1. The number of likely N-dealkylation sites (N-methyl/N-ethyl adjacent to an activating group) is 1. The predicted octanol–water partition coefficient (Wildman–Crippen LogP) is 2.98. The van der Waals surface area contributed by atoms with Crippen LogP contribution in [-0.2, 0) is 25.8 Å². The topological polar surface area (TPSA) is 95.6 Å². The van der Waals surface area contributed by atoms with Gasteiger partial charge in [-0.3, -0.25) is 9.59 Å². The van der Waals surface area contributed by atoms with E-state index in [1.54, 1.807) is 5.38 Å². The number of hydrogen-bond acceptors (Lipinski definition) is 5. The fraction of sp³-hybridized carbons (Fsp3) is 0.250. The summed E-state index contributed by atoms with van der Waals surface area (Å²) in [5, 5.41) is 5.85. The number of hydrogen-bond donors (Lipinski definition) is 2. The Bertz CT molecular complexity index is 974. The molecule has 1 aromatic heterocycles. The van der Waals surface area contributed by atoms with Crippen molar-refractivity contribution in [1.29, 1.82) is 0 Å². The number of carbonyl (C=O) groups is 2. The van der Waals surface area contributed by atoms with Crippen molar-refractivity contribution in [2.75, 3.05) is 24.2 Å². The minimum absolute atomic E-state index is 0.0124. The van der Waals surface area contributed by atoms with Gasteiger partial charge < -0.3 is 10.6 Å². The van der Waals surface area contributed by atoms with Gasteiger partial charge in [0.1, 0.15) is 4.21 Å². The maximum atomic E-state index is 13.3. The molecule has 0 aliphatic carbocycles. The van der Waals surface area contributed by atoms with Crippen LogP contribution in [0.5, 0.6) is 0 Å². The second-order valence-corrected chi connectivity index (χ2v) is 8.90. The van der Waals surface area contributed by atoms with Gasteiger partial charge >= 0.3 is 6.18 Å². The zero-order valence-electron chi connectivity index (χ0n) is 14.7. The fourth-order valence-corrected chi connectivity index (χ4v) is 4.54. The first-order valence-corrected chi connectivity index (χ1v) is 10.0. The van der Waals surface area contributed by atoms with Crippen LogP contribution in [0.25, 0.3) is 0 Å². The molecule has 0 radical (unpaired) electrons. The van der Waals surface area contributed by atoms with E-state index in [9.17, 15) is 31.2 Å². The number of halogens is 3. The van der Waals surface area contributed by atoms with E-state index in [1.165, 1.54) is 18.2 Å². The van der Waals surface area contributed by atoms with Crippen LogP contribution >= 0.6 is 11.3 Å². The Morgan fingerprint density at radius 3 is 2.39 bits per heavy atom. The first-order chi connectivity index (χ1) is 12.9. The van der Waals surface area contributed by atoms with Gasteiger partial charge in [0.2, 0.25) is 11.8 Å². The van der Waals surface area contributed by atoms with Gasteiger partial charge in [0.25, 0.3) is 10.0 Å². The molecule has 0 unspecified atom stereocenters. The highest BCUT2D eigenvalue weighted by Gasteiger charge is 2.34. The number of alkyl halides is 3. The minimum Gasteiger partial charge on any atom is -0.326 e. The number of amides is 2. The number of nitrogens with one attached hydrogen (secondary N) is 2. The third-order valence-corrected chi connectivity index (χ3v) is 6.62. The molecule has 0 bridgehead atoms. The minimum atomic E-state index is -4.80. The van der Waals surface area contributed by atoms with Crippen LogP contribution in [0, 0.1) is 0 Å². The quantitative estimate of drug-likeness (QED) is 0.729. The summed E-state index contributed by atoms with van der Waals surface area (Å²) in [5.74, 6) is -1.49. The molecule has 7 nitrogen and oxygen atoms in total. The van der Waals surface area contributed by atoms with Crippen molar-refractivity contribution in [2.24, 2.45) is 0 Å². The SMILES string of the molecule is CC(=O)Nc1ccc(NC(=O)CN(C)S(=O)(=O)c2cccs2)c(C(F)(F)F)c1. The molecule has 28 heavy (non-hydrogen) atoms. The number of rotatable bonds is 6. The Balaban J connectivity index is 2.20. The Hall–Kier alpha value is -2.44. The number of anilines is 2. The van der Waals surface area contributed by atoms with Crippen molar-refractivity contribution in [3.63, 3.8) is 0 Å². The van der Waals surface area contributed by atoms with Crippen molar-refractivity contribution in [3.8, 4) is 0 Å². The zero-order valence-corrected chi connectivity index (χ0v) is 16.3. The highest BCUT2D eigenvalue weighted by molar-refractivity contribution is 7.91. The molecule has 0 aliphatic heterocycles. The monoisotopic (exact) mass is 435 g/mol. The van der Waals surface area contributed by atoms with E-state index in [1.807, 2.05) is 0 Å². The van der Waals surface area contributed by atoms with Crippen LogP contribution in [0.3, 0.4) is 0 Å². The van der Waals surface area contributed by atoms with E-state index in [2.05, 4.69) is 10.6 Å². The van der Waals surface area contributed by atoms with Gasteiger partial charge in [-0.15, -0.1) is 11.3 Å². The first-order valence-electron chi connectivity index (χ1n) is 7.70. The number of benzene rings is 1. The molecule has 1 heterocycles. The maximum Gasteiger partial charge on any atom is 0.418 e. The largest absolute Gasteiger partial charge is 0.418 e. The molecule has 0 aliphatic rings. The molecule has 2 aromatic rings. The van der Waals surface area contributed by atoms with Crippen molar-refractivity contribution in [1.82, 2.24) is 4.31 Å². The molecule has 0 atom stereocenters. The van der Waals surface area contributed by atoms with Crippen LogP contribution in [0.1, 0.15) is 12.5 Å². The number of sulfonamides is 1. The lowest BCUT2D eigenvalue weighted by Crippen LogP contribution is -2.35. The van der Waals surface area contributed by atoms with Crippen molar-refractivity contribution in [2.45, 2.75) is 17.3 Å². The van der Waals surface area contributed by atoms with Crippen molar-refractivity contribution < 1.29 is 31.2 Å². The normalized spacial score (nSPS) is 12.1. The summed E-state index contributed by atoms with van der Waals surface area (Å²) in [7, 11) is -2.77. The van der Waals surface area contributed by atoms with Crippen molar-refractivity contribution in [3.05, 3.63) is 41.3 Å². The second kappa shape index (κ2) is 8.29. The Morgan fingerprint density at radius 1 is 1.18 bits per heavy atom. The Labute approximate surface area is 163 Å². The average molecular weight is 435 g/mol. The average Bonchev–Trinajstić information content (AvgIpc) is 3.09. The van der Waals surface area contributed by atoms with Crippen LogP contribution < -0.4 is 10.6 Å². The highest BCUT2D eigenvalue weighted by Crippen LogP contribution is 2.36. The number of carbonyl (C=O) groups excluding carboxylic acids is 2. The zero-order chi connectivity index (χ0) is 21.1. The third kappa shape index (κ3) is 5.30. The molecule has 12 heteroatoms. The molecule has 0 fully saturated rings. The summed E-state index contributed by atoms with van der Waals surface area (Å²) in [6, 6.07) is 5.75. The maximum absolute atomic E-state index is 13.3. The lowest BCUT2D eigenvalue weighted by Gasteiger charge is -2.18. The molecular formula is C16H16F3N3O4S2. The smallest absolute Gasteiger partial charge is 0.326 e.